The first-order valence-corrected chi connectivity index (χ1v) is 8.81. The minimum atomic E-state index is -0.296. The summed E-state index contributed by atoms with van der Waals surface area (Å²) >= 11 is 1.47. The number of ether oxygens (including phenoxy) is 1. The molecule has 1 aliphatic rings. The van der Waals surface area contributed by atoms with Crippen LogP contribution >= 0.6 is 11.3 Å². The van der Waals surface area contributed by atoms with Gasteiger partial charge in [-0.15, -0.1) is 11.3 Å². The van der Waals surface area contributed by atoms with E-state index in [0.717, 1.165) is 30.0 Å². The Hall–Kier alpha value is -2.05. The van der Waals surface area contributed by atoms with Crippen molar-refractivity contribution in [1.29, 1.82) is 0 Å². The minimum absolute atomic E-state index is 0.0516. The average Bonchev–Trinajstić information content (AvgIpc) is 3.26. The highest BCUT2D eigenvalue weighted by Gasteiger charge is 2.21. The molecule has 24 heavy (non-hydrogen) atoms. The topological polar surface area (TPSA) is 42.4 Å². The number of carbonyl (C=O) groups excluding carboxylic acids is 1. The Bertz CT molecular complexity index is 697. The van der Waals surface area contributed by atoms with Gasteiger partial charge in [-0.3, -0.25) is 4.79 Å². The summed E-state index contributed by atoms with van der Waals surface area (Å²) in [6.45, 7) is 1.61. The molecule has 1 atom stereocenters. The molecule has 2 aromatic rings. The van der Waals surface area contributed by atoms with Crippen LogP contribution in [0.15, 0.2) is 41.9 Å². The van der Waals surface area contributed by atoms with Gasteiger partial charge in [0.2, 0.25) is 5.91 Å². The molecule has 1 aromatic heterocycles. The Morgan fingerprint density at radius 3 is 3.12 bits per heavy atom. The molecule has 0 aliphatic carbocycles. The van der Waals surface area contributed by atoms with Crippen molar-refractivity contribution in [3.8, 4) is 0 Å². The normalized spacial score (nSPS) is 17.5. The first-order chi connectivity index (χ1) is 11.7. The zero-order valence-electron chi connectivity index (χ0n) is 13.2. The van der Waals surface area contributed by atoms with Crippen molar-refractivity contribution in [2.75, 3.05) is 13.2 Å². The second-order valence-corrected chi connectivity index (χ2v) is 6.61. The van der Waals surface area contributed by atoms with Gasteiger partial charge in [0.15, 0.2) is 0 Å². The summed E-state index contributed by atoms with van der Waals surface area (Å²) in [7, 11) is 0. The van der Waals surface area contributed by atoms with E-state index in [-0.39, 0.29) is 17.8 Å². The van der Waals surface area contributed by atoms with Gasteiger partial charge >= 0.3 is 0 Å². The maximum absolute atomic E-state index is 13.4. The quantitative estimate of drug-likeness (QED) is 0.752. The van der Waals surface area contributed by atoms with Crippen LogP contribution in [0.5, 0.6) is 0 Å². The number of benzene rings is 1. The zero-order valence-corrected chi connectivity index (χ0v) is 14.0. The number of halogens is 1. The minimum Gasteiger partial charge on any atom is -0.376 e. The van der Waals surface area contributed by atoms with Gasteiger partial charge in [-0.05, 0) is 36.6 Å². The highest BCUT2D eigenvalue weighted by atomic mass is 32.1. The lowest BCUT2D eigenvalue weighted by Crippen LogP contribution is -2.35. The molecule has 0 N–H and O–H groups in total. The van der Waals surface area contributed by atoms with E-state index in [1.165, 1.54) is 29.5 Å². The van der Waals surface area contributed by atoms with Crippen LogP contribution in [0.2, 0.25) is 0 Å². The van der Waals surface area contributed by atoms with Crippen LogP contribution in [0.1, 0.15) is 23.4 Å². The van der Waals surface area contributed by atoms with E-state index in [4.69, 9.17) is 4.74 Å². The second kappa shape index (κ2) is 8.17. The Morgan fingerprint density at radius 1 is 1.50 bits per heavy atom. The number of thiazole rings is 1. The molecule has 3 rings (SSSR count). The Kier molecular flexibility index (Phi) is 5.72. The van der Waals surface area contributed by atoms with Gasteiger partial charge in [0.25, 0.3) is 0 Å². The van der Waals surface area contributed by atoms with E-state index in [1.807, 2.05) is 11.4 Å². The summed E-state index contributed by atoms with van der Waals surface area (Å²) in [5, 5.41) is 2.65. The molecule has 0 spiro atoms. The van der Waals surface area contributed by atoms with Gasteiger partial charge in [0, 0.05) is 37.3 Å². The predicted octanol–water partition coefficient (Wildman–Crippen LogP) is 3.50. The Labute approximate surface area is 144 Å². The van der Waals surface area contributed by atoms with Crippen LogP contribution in [0.3, 0.4) is 0 Å². The molecule has 1 fully saturated rings. The van der Waals surface area contributed by atoms with E-state index < -0.39 is 0 Å². The molecule has 0 saturated carbocycles. The molecule has 0 radical (unpaired) electrons. The number of carbonyl (C=O) groups is 1. The second-order valence-electron chi connectivity index (χ2n) is 5.69. The van der Waals surface area contributed by atoms with Crippen LogP contribution in [-0.2, 0) is 16.1 Å². The largest absolute Gasteiger partial charge is 0.376 e. The van der Waals surface area contributed by atoms with Gasteiger partial charge < -0.3 is 9.64 Å². The summed E-state index contributed by atoms with van der Waals surface area (Å²) in [5.74, 6) is -0.416. The van der Waals surface area contributed by atoms with Crippen molar-refractivity contribution in [2.45, 2.75) is 25.5 Å². The third-order valence-electron chi connectivity index (χ3n) is 3.84. The maximum Gasteiger partial charge on any atom is 0.247 e. The molecule has 1 aromatic carbocycles. The number of nitrogens with zero attached hydrogens (tertiary/aromatic N) is 2. The van der Waals surface area contributed by atoms with Gasteiger partial charge in [0.05, 0.1) is 6.10 Å². The van der Waals surface area contributed by atoms with Crippen LogP contribution in [0, 0.1) is 5.82 Å². The fraction of sp³-hybridized carbons (Fsp3) is 0.333. The number of aromatic nitrogens is 1. The number of hydrogen-bond acceptors (Lipinski definition) is 4. The maximum atomic E-state index is 13.4. The van der Waals surface area contributed by atoms with Crippen LogP contribution in [-0.4, -0.2) is 35.0 Å². The van der Waals surface area contributed by atoms with E-state index in [0.29, 0.717) is 13.1 Å². The van der Waals surface area contributed by atoms with Crippen molar-refractivity contribution in [2.24, 2.45) is 0 Å². The molecule has 1 amide bonds. The molecule has 4 nitrogen and oxygen atoms in total. The first-order valence-electron chi connectivity index (χ1n) is 7.93. The fourth-order valence-corrected chi connectivity index (χ4v) is 3.22. The Balaban J connectivity index is 1.71. The van der Waals surface area contributed by atoms with Crippen molar-refractivity contribution in [3.05, 3.63) is 58.3 Å². The van der Waals surface area contributed by atoms with Crippen molar-refractivity contribution < 1.29 is 13.9 Å². The lowest BCUT2D eigenvalue weighted by molar-refractivity contribution is -0.128. The number of rotatable bonds is 6. The lowest BCUT2D eigenvalue weighted by atomic mass is 10.1. The standard InChI is InChI=1S/C18H19FN2O2S/c19-15-4-1-3-14(11-15)12-21(13-16-5-2-9-23-16)18(22)7-6-17-20-8-10-24-17/h1,3-4,6-8,10-11,16H,2,5,9,12-13H2/b7-6-/t16-/m0/s1. The van der Waals surface area contributed by atoms with Gasteiger partial charge in [-0.1, -0.05) is 12.1 Å². The van der Waals surface area contributed by atoms with Crippen LogP contribution in [0.4, 0.5) is 4.39 Å². The number of amides is 1. The van der Waals surface area contributed by atoms with Crippen molar-refractivity contribution in [1.82, 2.24) is 9.88 Å². The van der Waals surface area contributed by atoms with Crippen molar-refractivity contribution >= 4 is 23.3 Å². The molecule has 1 saturated heterocycles. The summed E-state index contributed by atoms with van der Waals surface area (Å²) in [5.41, 5.74) is 0.768. The van der Waals surface area contributed by atoms with Crippen molar-refractivity contribution in [3.63, 3.8) is 0 Å². The average molecular weight is 346 g/mol. The van der Waals surface area contributed by atoms with E-state index >= 15 is 0 Å². The number of hydrogen-bond donors (Lipinski definition) is 0. The van der Waals surface area contributed by atoms with E-state index in [1.54, 1.807) is 23.2 Å². The summed E-state index contributed by atoms with van der Waals surface area (Å²) in [4.78, 5) is 18.4. The molecular formula is C18H19FN2O2S. The van der Waals surface area contributed by atoms with Gasteiger partial charge in [0.1, 0.15) is 10.8 Å². The summed E-state index contributed by atoms with van der Waals surface area (Å²) in [6.07, 6.45) is 6.95. The molecule has 126 valence electrons. The third-order valence-corrected chi connectivity index (χ3v) is 4.58. The third kappa shape index (κ3) is 4.72. The molecule has 2 heterocycles. The molecule has 0 unspecified atom stereocenters. The van der Waals surface area contributed by atoms with Gasteiger partial charge in [-0.2, -0.15) is 0 Å². The predicted molar refractivity (Wildman–Crippen MR) is 91.9 cm³/mol. The molecule has 6 heteroatoms. The SMILES string of the molecule is O=C(/C=C\c1nccs1)N(Cc1cccc(F)c1)C[C@@H]1CCCO1. The zero-order chi connectivity index (χ0) is 16.8. The molecule has 1 aliphatic heterocycles. The molecule has 0 bridgehead atoms. The van der Waals surface area contributed by atoms with Crippen LogP contribution < -0.4 is 0 Å². The monoisotopic (exact) mass is 346 g/mol. The van der Waals surface area contributed by atoms with Crippen LogP contribution in [0.25, 0.3) is 6.08 Å². The lowest BCUT2D eigenvalue weighted by Gasteiger charge is -2.24. The molecular weight excluding hydrogens is 327 g/mol. The smallest absolute Gasteiger partial charge is 0.247 e. The first kappa shape index (κ1) is 16.8. The Morgan fingerprint density at radius 2 is 2.42 bits per heavy atom. The summed E-state index contributed by atoms with van der Waals surface area (Å²) < 4.78 is 19.1. The summed E-state index contributed by atoms with van der Waals surface area (Å²) in [6, 6.07) is 6.34. The van der Waals surface area contributed by atoms with E-state index in [2.05, 4.69) is 4.98 Å². The van der Waals surface area contributed by atoms with Gasteiger partial charge in [-0.25, -0.2) is 9.37 Å². The highest BCUT2D eigenvalue weighted by Crippen LogP contribution is 2.16. The van der Waals surface area contributed by atoms with E-state index in [9.17, 15) is 9.18 Å². The highest BCUT2D eigenvalue weighted by molar-refractivity contribution is 7.10. The fourth-order valence-electron chi connectivity index (χ4n) is 2.69.